The van der Waals surface area contributed by atoms with Gasteiger partial charge >= 0.3 is 0 Å². The van der Waals surface area contributed by atoms with Gasteiger partial charge in [0.25, 0.3) is 0 Å². The molecule has 1 rings (SSSR count). The zero-order chi connectivity index (χ0) is 15.9. The molecule has 0 bridgehead atoms. The van der Waals surface area contributed by atoms with Gasteiger partial charge in [0.2, 0.25) is 10.0 Å². The molecule has 1 atom stereocenters. The summed E-state index contributed by atoms with van der Waals surface area (Å²) in [4.78, 5) is -0.0330. The Balaban J connectivity index is 2.94. The van der Waals surface area contributed by atoms with Gasteiger partial charge < -0.3 is 10.1 Å². The van der Waals surface area contributed by atoms with Crippen molar-refractivity contribution in [2.75, 3.05) is 20.2 Å². The van der Waals surface area contributed by atoms with Gasteiger partial charge in [0, 0.05) is 20.2 Å². The van der Waals surface area contributed by atoms with E-state index in [4.69, 9.17) is 4.74 Å². The number of rotatable bonds is 9. The summed E-state index contributed by atoms with van der Waals surface area (Å²) < 4.78 is 45.4. The van der Waals surface area contributed by atoms with E-state index in [0.29, 0.717) is 12.1 Å². The first-order chi connectivity index (χ1) is 9.90. The summed E-state index contributed by atoms with van der Waals surface area (Å²) in [6.45, 7) is 5.05. The van der Waals surface area contributed by atoms with Crippen molar-refractivity contribution in [3.05, 3.63) is 29.6 Å². The van der Waals surface area contributed by atoms with E-state index in [9.17, 15) is 12.8 Å². The van der Waals surface area contributed by atoms with Gasteiger partial charge in [0.1, 0.15) is 5.82 Å². The molecule has 21 heavy (non-hydrogen) atoms. The average Bonchev–Trinajstić information content (AvgIpc) is 2.46. The number of ether oxygens (including phenoxy) is 1. The van der Waals surface area contributed by atoms with Gasteiger partial charge in [0.15, 0.2) is 0 Å². The normalized spacial score (nSPS) is 13.3. The number of nitrogens with one attached hydrogen (secondary N) is 2. The van der Waals surface area contributed by atoms with Crippen molar-refractivity contribution in [2.45, 2.75) is 37.8 Å². The molecule has 0 radical (unpaired) electrons. The molecule has 1 aromatic carbocycles. The lowest BCUT2D eigenvalue weighted by molar-refractivity contribution is 0.122. The summed E-state index contributed by atoms with van der Waals surface area (Å²) in [7, 11) is -2.26. The fourth-order valence-corrected chi connectivity index (χ4v) is 3.08. The second kappa shape index (κ2) is 8.43. The summed E-state index contributed by atoms with van der Waals surface area (Å²) >= 11 is 0. The summed E-state index contributed by atoms with van der Waals surface area (Å²) in [6.07, 6.45) is 0.683. The summed E-state index contributed by atoms with van der Waals surface area (Å²) in [6, 6.07) is 3.80. The van der Waals surface area contributed by atoms with Gasteiger partial charge in [-0.3, -0.25) is 0 Å². The molecule has 0 amide bonds. The lowest BCUT2D eigenvalue weighted by atomic mass is 10.2. The van der Waals surface area contributed by atoms with Crippen LogP contribution in [0.5, 0.6) is 0 Å². The maximum atomic E-state index is 13.4. The highest BCUT2D eigenvalue weighted by Gasteiger charge is 2.19. The highest BCUT2D eigenvalue weighted by atomic mass is 32.2. The second-order valence-electron chi connectivity index (χ2n) is 4.83. The Kier molecular flexibility index (Phi) is 7.24. The van der Waals surface area contributed by atoms with E-state index in [1.807, 2.05) is 6.92 Å². The number of sulfonamides is 1. The molecule has 0 spiro atoms. The van der Waals surface area contributed by atoms with Crippen molar-refractivity contribution < 1.29 is 17.5 Å². The Hall–Kier alpha value is -1.02. The molecule has 5 nitrogen and oxygen atoms in total. The molecule has 0 aliphatic carbocycles. The van der Waals surface area contributed by atoms with Crippen LogP contribution in [0.15, 0.2) is 23.1 Å². The molecule has 0 saturated carbocycles. The molecule has 0 aromatic heterocycles. The molecule has 1 unspecified atom stereocenters. The van der Waals surface area contributed by atoms with Crippen LogP contribution in [0.4, 0.5) is 4.39 Å². The van der Waals surface area contributed by atoms with Gasteiger partial charge in [-0.05, 0) is 37.6 Å². The lowest BCUT2D eigenvalue weighted by Crippen LogP contribution is -2.32. The molecule has 0 heterocycles. The number of halogens is 1. The minimum atomic E-state index is -3.77. The largest absolute Gasteiger partial charge is 0.380 e. The average molecular weight is 318 g/mol. The fourth-order valence-electron chi connectivity index (χ4n) is 1.71. The number of methoxy groups -OCH3 is 1. The van der Waals surface area contributed by atoms with Crippen LogP contribution < -0.4 is 10.0 Å². The van der Waals surface area contributed by atoms with Gasteiger partial charge in [-0.25, -0.2) is 17.5 Å². The van der Waals surface area contributed by atoms with Crippen molar-refractivity contribution in [3.8, 4) is 0 Å². The molecule has 1 aromatic rings. The Bertz CT molecular complexity index is 549. The number of hydrogen-bond donors (Lipinski definition) is 2. The molecule has 0 fully saturated rings. The van der Waals surface area contributed by atoms with Crippen molar-refractivity contribution in [1.29, 1.82) is 0 Å². The molecular weight excluding hydrogens is 295 g/mol. The van der Waals surface area contributed by atoms with Crippen LogP contribution >= 0.6 is 0 Å². The maximum absolute atomic E-state index is 13.4. The third-order valence-corrected chi connectivity index (χ3v) is 4.53. The molecule has 7 heteroatoms. The van der Waals surface area contributed by atoms with E-state index in [2.05, 4.69) is 10.0 Å². The first kappa shape index (κ1) is 18.0. The molecular formula is C14H23FN2O3S. The quantitative estimate of drug-likeness (QED) is 0.679. The minimum absolute atomic E-state index is 0.0330. The maximum Gasteiger partial charge on any atom is 0.241 e. The molecule has 2 N–H and O–H groups in total. The van der Waals surface area contributed by atoms with Crippen LogP contribution in [0.25, 0.3) is 0 Å². The van der Waals surface area contributed by atoms with E-state index >= 15 is 0 Å². The van der Waals surface area contributed by atoms with Crippen molar-refractivity contribution in [2.24, 2.45) is 0 Å². The van der Waals surface area contributed by atoms with Gasteiger partial charge in [0.05, 0.1) is 11.0 Å². The minimum Gasteiger partial charge on any atom is -0.380 e. The predicted molar refractivity (Wildman–Crippen MR) is 80.1 cm³/mol. The van der Waals surface area contributed by atoms with Crippen LogP contribution in [0.1, 0.15) is 25.8 Å². The molecule has 0 aliphatic rings. The van der Waals surface area contributed by atoms with Crippen LogP contribution in [0.2, 0.25) is 0 Å². The van der Waals surface area contributed by atoms with Crippen LogP contribution in [-0.4, -0.2) is 34.7 Å². The Morgan fingerprint density at radius 1 is 1.38 bits per heavy atom. The van der Waals surface area contributed by atoms with Crippen LogP contribution in [-0.2, 0) is 21.3 Å². The van der Waals surface area contributed by atoms with Gasteiger partial charge in [-0.15, -0.1) is 0 Å². The smallest absolute Gasteiger partial charge is 0.241 e. The Morgan fingerprint density at radius 3 is 2.71 bits per heavy atom. The monoisotopic (exact) mass is 318 g/mol. The van der Waals surface area contributed by atoms with E-state index in [0.717, 1.165) is 19.0 Å². The summed E-state index contributed by atoms with van der Waals surface area (Å²) in [5.41, 5.74) is 0.544. The Labute approximate surface area is 125 Å². The predicted octanol–water partition coefficient (Wildman–Crippen LogP) is 1.64. The van der Waals surface area contributed by atoms with Gasteiger partial charge in [-0.1, -0.05) is 13.0 Å². The first-order valence-electron chi connectivity index (χ1n) is 6.92. The molecule has 120 valence electrons. The third kappa shape index (κ3) is 5.70. The van der Waals surface area contributed by atoms with Crippen LogP contribution in [0.3, 0.4) is 0 Å². The standard InChI is InChI=1S/C14H23FN2O3S/c1-4-7-16-10-12-5-6-13(15)8-14(12)21(18,19)17-9-11(2)20-3/h5-6,8,11,16-17H,4,7,9-10H2,1-3H3. The van der Waals surface area contributed by atoms with Crippen molar-refractivity contribution in [3.63, 3.8) is 0 Å². The molecule has 0 saturated heterocycles. The number of benzene rings is 1. The summed E-state index contributed by atoms with van der Waals surface area (Å²) in [5, 5.41) is 3.12. The zero-order valence-corrected chi connectivity index (χ0v) is 13.5. The zero-order valence-electron chi connectivity index (χ0n) is 12.6. The fraction of sp³-hybridized carbons (Fsp3) is 0.571. The van der Waals surface area contributed by atoms with Gasteiger partial charge in [-0.2, -0.15) is 0 Å². The van der Waals surface area contributed by atoms with Crippen molar-refractivity contribution in [1.82, 2.24) is 10.0 Å². The summed E-state index contributed by atoms with van der Waals surface area (Å²) in [5.74, 6) is -0.575. The van der Waals surface area contributed by atoms with Crippen LogP contribution in [0, 0.1) is 5.82 Å². The molecule has 0 aliphatic heterocycles. The van der Waals surface area contributed by atoms with E-state index in [1.54, 1.807) is 6.92 Å². The van der Waals surface area contributed by atoms with Crippen molar-refractivity contribution >= 4 is 10.0 Å². The van der Waals surface area contributed by atoms with E-state index in [-0.39, 0.29) is 17.5 Å². The highest BCUT2D eigenvalue weighted by Crippen LogP contribution is 2.17. The highest BCUT2D eigenvalue weighted by molar-refractivity contribution is 7.89. The Morgan fingerprint density at radius 2 is 2.10 bits per heavy atom. The SMILES string of the molecule is CCCNCc1ccc(F)cc1S(=O)(=O)NCC(C)OC. The lowest BCUT2D eigenvalue weighted by Gasteiger charge is -2.14. The third-order valence-electron chi connectivity index (χ3n) is 3.02. The van der Waals surface area contributed by atoms with E-state index < -0.39 is 15.8 Å². The van der Waals surface area contributed by atoms with E-state index in [1.165, 1.54) is 19.2 Å². The topological polar surface area (TPSA) is 67.4 Å². The first-order valence-corrected chi connectivity index (χ1v) is 8.40. The number of hydrogen-bond acceptors (Lipinski definition) is 4. The second-order valence-corrected chi connectivity index (χ2v) is 6.56.